The molecular formula is C18H14N4O6S. The van der Waals surface area contributed by atoms with Crippen LogP contribution in [-0.4, -0.2) is 22.8 Å². The first-order valence-electron chi connectivity index (χ1n) is 8.16. The van der Waals surface area contributed by atoms with Gasteiger partial charge in [0.25, 0.3) is 21.4 Å². The summed E-state index contributed by atoms with van der Waals surface area (Å²) in [6, 6.07) is 12.2. The molecule has 11 heteroatoms. The minimum Gasteiger partial charge on any atom is -0.318 e. The van der Waals surface area contributed by atoms with Gasteiger partial charge in [-0.2, -0.15) is 12.8 Å². The Morgan fingerprint density at radius 3 is 2.07 bits per heavy atom. The number of aryl methyl sites for hydroxylation is 1. The van der Waals surface area contributed by atoms with Crippen LogP contribution >= 0.6 is 0 Å². The quantitative estimate of drug-likeness (QED) is 0.465. The number of non-ortho nitro benzene ring substituents is 1. The number of sulfonamides is 1. The first kappa shape index (κ1) is 19.9. The van der Waals surface area contributed by atoms with Gasteiger partial charge in [0.05, 0.1) is 26.2 Å². The van der Waals surface area contributed by atoms with Gasteiger partial charge >= 0.3 is 0 Å². The molecular weight excluding hydrogens is 400 g/mol. The third kappa shape index (κ3) is 4.35. The van der Waals surface area contributed by atoms with Gasteiger partial charge in [-0.3, -0.25) is 20.2 Å². The molecule has 0 spiro atoms. The van der Waals surface area contributed by atoms with Crippen LogP contribution in [0.25, 0.3) is 5.69 Å². The zero-order chi connectivity index (χ0) is 21.2. The first-order valence-corrected chi connectivity index (χ1v) is 9.60. The van der Waals surface area contributed by atoms with Crippen molar-refractivity contribution in [1.82, 2.24) is 4.57 Å². The largest absolute Gasteiger partial charge is 0.318 e. The molecule has 1 heterocycles. The van der Waals surface area contributed by atoms with E-state index in [9.17, 15) is 28.6 Å². The molecule has 0 aliphatic carbocycles. The van der Waals surface area contributed by atoms with E-state index >= 15 is 0 Å². The Hall–Kier alpha value is -3.86. The van der Waals surface area contributed by atoms with Crippen molar-refractivity contribution in [2.24, 2.45) is 4.40 Å². The topological polar surface area (TPSA) is 138 Å². The third-order valence-corrected chi connectivity index (χ3v) is 5.32. The zero-order valence-corrected chi connectivity index (χ0v) is 15.8. The maximum Gasteiger partial charge on any atom is 0.300 e. The number of pyridine rings is 1. The van der Waals surface area contributed by atoms with Crippen molar-refractivity contribution in [2.75, 3.05) is 0 Å². The lowest BCUT2D eigenvalue weighted by atomic mass is 10.2. The van der Waals surface area contributed by atoms with E-state index in [0.29, 0.717) is 0 Å². The second-order valence-corrected chi connectivity index (χ2v) is 7.63. The maximum atomic E-state index is 12.4. The van der Waals surface area contributed by atoms with Gasteiger partial charge in [-0.25, -0.2) is 0 Å². The first-order chi connectivity index (χ1) is 13.7. The number of nitro benzene ring substituents is 2. The van der Waals surface area contributed by atoms with Crippen LogP contribution in [0.5, 0.6) is 0 Å². The number of aromatic nitrogens is 1. The highest BCUT2D eigenvalue weighted by molar-refractivity contribution is 7.90. The van der Waals surface area contributed by atoms with Crippen molar-refractivity contribution >= 4 is 21.4 Å². The number of rotatable bonds is 5. The number of hydrogen-bond acceptors (Lipinski definition) is 6. The van der Waals surface area contributed by atoms with Gasteiger partial charge in [0.15, 0.2) is 0 Å². The van der Waals surface area contributed by atoms with Crippen molar-refractivity contribution in [1.29, 1.82) is 0 Å². The molecule has 148 valence electrons. The molecule has 0 fully saturated rings. The molecule has 0 saturated carbocycles. The lowest BCUT2D eigenvalue weighted by Gasteiger charge is -2.07. The number of benzene rings is 2. The fraction of sp³-hybridized carbons (Fsp3) is 0.0556. The van der Waals surface area contributed by atoms with Crippen molar-refractivity contribution in [2.45, 2.75) is 11.8 Å². The number of nitrogens with zero attached hydrogens (tertiary/aromatic N) is 4. The summed E-state index contributed by atoms with van der Waals surface area (Å²) >= 11 is 0. The molecule has 0 radical (unpaired) electrons. The summed E-state index contributed by atoms with van der Waals surface area (Å²) in [5, 5.41) is 22.3. The Labute approximate surface area is 164 Å². The van der Waals surface area contributed by atoms with E-state index in [1.165, 1.54) is 47.3 Å². The second-order valence-electron chi connectivity index (χ2n) is 6.03. The van der Waals surface area contributed by atoms with Crippen LogP contribution in [0.1, 0.15) is 5.56 Å². The molecule has 29 heavy (non-hydrogen) atoms. The lowest BCUT2D eigenvalue weighted by molar-refractivity contribution is -0.394. The standard InChI is InChI=1S/C18H14N4O6S/c1-13-2-5-16(6-3-13)29(27,28)19-14-8-10-20(11-9-14)17-7-4-15(21(23)24)12-18(17)22(25)26/h2-12H,1H3. The number of hydrogen-bond donors (Lipinski definition) is 0. The Balaban J connectivity index is 2.01. The predicted octanol–water partition coefficient (Wildman–Crippen LogP) is 2.89. The highest BCUT2D eigenvalue weighted by Gasteiger charge is 2.20. The molecule has 0 bridgehead atoms. The van der Waals surface area contributed by atoms with Crippen LogP contribution in [0, 0.1) is 27.2 Å². The van der Waals surface area contributed by atoms with E-state index in [2.05, 4.69) is 4.40 Å². The highest BCUT2D eigenvalue weighted by atomic mass is 32.2. The fourth-order valence-electron chi connectivity index (χ4n) is 2.53. The summed E-state index contributed by atoms with van der Waals surface area (Å²) in [5.41, 5.74) is 0.140. The van der Waals surface area contributed by atoms with Crippen molar-refractivity contribution in [3.05, 3.63) is 98.1 Å². The van der Waals surface area contributed by atoms with Crippen molar-refractivity contribution in [3.8, 4) is 5.69 Å². The molecule has 2 aromatic carbocycles. The van der Waals surface area contributed by atoms with E-state index in [-0.39, 0.29) is 15.9 Å². The van der Waals surface area contributed by atoms with E-state index < -0.39 is 31.2 Å². The second kappa shape index (κ2) is 7.64. The molecule has 10 nitrogen and oxygen atoms in total. The fourth-order valence-corrected chi connectivity index (χ4v) is 3.52. The van der Waals surface area contributed by atoms with Gasteiger partial charge in [-0.1, -0.05) is 17.7 Å². The van der Waals surface area contributed by atoms with Gasteiger partial charge in [-0.15, -0.1) is 0 Å². The molecule has 0 aliphatic rings. The Kier molecular flexibility index (Phi) is 5.24. The lowest BCUT2D eigenvalue weighted by Crippen LogP contribution is -2.09. The van der Waals surface area contributed by atoms with E-state index in [1.54, 1.807) is 12.1 Å². The SMILES string of the molecule is Cc1ccc(S(=O)(=O)N=c2ccn(-c3ccc([N+](=O)[O-])cc3[N+](=O)[O-])cc2)cc1. The normalized spacial score (nSPS) is 11.1. The van der Waals surface area contributed by atoms with Crippen molar-refractivity contribution < 1.29 is 18.3 Å². The third-order valence-electron chi connectivity index (χ3n) is 4.00. The van der Waals surface area contributed by atoms with Crippen LogP contribution in [-0.2, 0) is 10.0 Å². The highest BCUT2D eigenvalue weighted by Crippen LogP contribution is 2.27. The van der Waals surface area contributed by atoms with Gasteiger partial charge in [-0.05, 0) is 37.3 Å². The summed E-state index contributed by atoms with van der Waals surface area (Å²) in [6.45, 7) is 1.83. The smallest absolute Gasteiger partial charge is 0.300 e. The van der Waals surface area contributed by atoms with Crippen LogP contribution in [0.15, 0.2) is 76.3 Å². The summed E-state index contributed by atoms with van der Waals surface area (Å²) in [5.74, 6) is 0. The Bertz CT molecular complexity index is 1260. The molecule has 0 saturated heterocycles. The molecule has 3 rings (SSSR count). The van der Waals surface area contributed by atoms with Gasteiger partial charge in [0, 0.05) is 18.5 Å². The monoisotopic (exact) mass is 414 g/mol. The van der Waals surface area contributed by atoms with E-state index in [4.69, 9.17) is 0 Å². The van der Waals surface area contributed by atoms with E-state index in [0.717, 1.165) is 17.7 Å². The zero-order valence-electron chi connectivity index (χ0n) is 15.0. The molecule has 0 aliphatic heterocycles. The molecule has 0 unspecified atom stereocenters. The van der Waals surface area contributed by atoms with Crippen LogP contribution < -0.4 is 5.36 Å². The summed E-state index contributed by atoms with van der Waals surface area (Å²) in [6.07, 6.45) is 2.77. The van der Waals surface area contributed by atoms with Crippen LogP contribution in [0.2, 0.25) is 0 Å². The number of nitro groups is 2. The maximum absolute atomic E-state index is 12.4. The molecule has 0 atom stereocenters. The average molecular weight is 414 g/mol. The molecule has 0 amide bonds. The van der Waals surface area contributed by atoms with Crippen molar-refractivity contribution in [3.63, 3.8) is 0 Å². The minimum atomic E-state index is -3.91. The molecule has 3 aromatic rings. The molecule has 1 aromatic heterocycles. The van der Waals surface area contributed by atoms with E-state index in [1.807, 2.05) is 6.92 Å². The summed E-state index contributed by atoms with van der Waals surface area (Å²) in [4.78, 5) is 20.7. The predicted molar refractivity (Wildman–Crippen MR) is 103 cm³/mol. The van der Waals surface area contributed by atoms with Gasteiger partial charge in [0.1, 0.15) is 5.69 Å². The van der Waals surface area contributed by atoms with Gasteiger partial charge < -0.3 is 4.57 Å². The van der Waals surface area contributed by atoms with Crippen LogP contribution in [0.4, 0.5) is 11.4 Å². The minimum absolute atomic E-state index is 0.0471. The Morgan fingerprint density at radius 1 is 0.897 bits per heavy atom. The van der Waals surface area contributed by atoms with Crippen LogP contribution in [0.3, 0.4) is 0 Å². The Morgan fingerprint density at radius 2 is 1.52 bits per heavy atom. The summed E-state index contributed by atoms with van der Waals surface area (Å²) < 4.78 is 29.9. The van der Waals surface area contributed by atoms with Gasteiger partial charge in [0.2, 0.25) is 0 Å². The summed E-state index contributed by atoms with van der Waals surface area (Å²) in [7, 11) is -3.91. The molecule has 0 N–H and O–H groups in total. The average Bonchev–Trinajstić information content (AvgIpc) is 2.68.